The normalized spacial score (nSPS) is 25.8. The molecule has 0 aromatic carbocycles. The van der Waals surface area contributed by atoms with Crippen LogP contribution in [0.1, 0.15) is 51.3 Å². The number of hydrogen-bond donors (Lipinski definition) is 0. The largest absolute Gasteiger partial charge is 0.383 e. The van der Waals surface area contributed by atoms with Crippen LogP contribution in [-0.4, -0.2) is 76.8 Å². The summed E-state index contributed by atoms with van der Waals surface area (Å²) in [6.07, 6.45) is 6.41. The van der Waals surface area contributed by atoms with E-state index in [4.69, 9.17) is 4.74 Å². The number of likely N-dealkylation sites (tertiary alicyclic amines) is 1. The van der Waals surface area contributed by atoms with Crippen LogP contribution in [0.4, 0.5) is 0 Å². The Kier molecular flexibility index (Phi) is 5.62. The summed E-state index contributed by atoms with van der Waals surface area (Å²) in [6, 6.07) is 0. The molecule has 8 heteroatoms. The number of rotatable bonds is 6. The van der Waals surface area contributed by atoms with Crippen LogP contribution in [0.2, 0.25) is 0 Å². The maximum absolute atomic E-state index is 13.3. The maximum Gasteiger partial charge on any atom is 0.228 e. The van der Waals surface area contributed by atoms with Crippen molar-refractivity contribution in [2.75, 3.05) is 40.9 Å². The molecule has 1 unspecified atom stereocenters. The van der Waals surface area contributed by atoms with E-state index in [1.807, 2.05) is 23.7 Å². The third-order valence-electron chi connectivity index (χ3n) is 6.32. The highest BCUT2D eigenvalue weighted by Crippen LogP contribution is 2.41. The van der Waals surface area contributed by atoms with Gasteiger partial charge in [-0.3, -0.25) is 9.69 Å². The Bertz CT molecular complexity index is 625. The molecule has 0 bridgehead atoms. The molecule has 2 aliphatic rings. The second-order valence-corrected chi connectivity index (χ2v) is 8.24. The van der Waals surface area contributed by atoms with Gasteiger partial charge in [-0.05, 0) is 43.8 Å². The average molecular weight is 364 g/mol. The SMILES string of the molecule is COCCn1nnnc1C1(N(C)C)CCN(C(=O)C2(C)CCCCC2)C1. The third kappa shape index (κ3) is 3.36. The highest BCUT2D eigenvalue weighted by Gasteiger charge is 2.49. The first-order valence-electron chi connectivity index (χ1n) is 9.65. The molecule has 2 fully saturated rings. The predicted octanol–water partition coefficient (Wildman–Crippen LogP) is 1.28. The van der Waals surface area contributed by atoms with Crippen molar-refractivity contribution < 1.29 is 9.53 Å². The lowest BCUT2D eigenvalue weighted by molar-refractivity contribution is -0.142. The molecule has 1 saturated heterocycles. The molecule has 1 aromatic rings. The van der Waals surface area contributed by atoms with Gasteiger partial charge in [0, 0.05) is 25.6 Å². The van der Waals surface area contributed by atoms with Crippen molar-refractivity contribution in [3.63, 3.8) is 0 Å². The molecule has 3 rings (SSSR count). The highest BCUT2D eigenvalue weighted by atomic mass is 16.5. The first-order valence-corrected chi connectivity index (χ1v) is 9.65. The van der Waals surface area contributed by atoms with Crippen LogP contribution in [0.15, 0.2) is 0 Å². The van der Waals surface area contributed by atoms with E-state index < -0.39 is 0 Å². The lowest BCUT2D eigenvalue weighted by atomic mass is 9.74. The van der Waals surface area contributed by atoms with Gasteiger partial charge in [-0.1, -0.05) is 26.2 Å². The van der Waals surface area contributed by atoms with Crippen molar-refractivity contribution in [2.45, 2.75) is 57.5 Å². The van der Waals surface area contributed by atoms with E-state index in [2.05, 4.69) is 27.3 Å². The summed E-state index contributed by atoms with van der Waals surface area (Å²) in [7, 11) is 5.77. The Labute approximate surface area is 155 Å². The number of methoxy groups -OCH3 is 1. The van der Waals surface area contributed by atoms with Gasteiger partial charge in [0.1, 0.15) is 5.54 Å². The van der Waals surface area contributed by atoms with Gasteiger partial charge in [0.2, 0.25) is 5.91 Å². The van der Waals surface area contributed by atoms with Gasteiger partial charge in [-0.2, -0.15) is 0 Å². The zero-order valence-electron chi connectivity index (χ0n) is 16.6. The Morgan fingerprint density at radius 2 is 1.96 bits per heavy atom. The molecule has 1 aliphatic heterocycles. The topological polar surface area (TPSA) is 76.4 Å². The van der Waals surface area contributed by atoms with E-state index in [0.29, 0.717) is 25.6 Å². The summed E-state index contributed by atoms with van der Waals surface area (Å²) < 4.78 is 7.00. The summed E-state index contributed by atoms with van der Waals surface area (Å²) in [5, 5.41) is 12.4. The quantitative estimate of drug-likeness (QED) is 0.757. The van der Waals surface area contributed by atoms with Crippen molar-refractivity contribution in [1.82, 2.24) is 30.0 Å². The molecule has 0 radical (unpaired) electrons. The van der Waals surface area contributed by atoms with Crippen LogP contribution < -0.4 is 0 Å². The number of carbonyl (C=O) groups excluding carboxylic acids is 1. The second-order valence-electron chi connectivity index (χ2n) is 8.24. The van der Waals surface area contributed by atoms with Crippen LogP contribution in [0, 0.1) is 5.41 Å². The Hall–Kier alpha value is -1.54. The fourth-order valence-corrected chi connectivity index (χ4v) is 4.51. The summed E-state index contributed by atoms with van der Waals surface area (Å²) in [4.78, 5) is 17.5. The van der Waals surface area contributed by atoms with Gasteiger partial charge in [-0.15, -0.1) is 5.10 Å². The average Bonchev–Trinajstić information content (AvgIpc) is 3.27. The summed E-state index contributed by atoms with van der Waals surface area (Å²) in [6.45, 7) is 4.71. The lowest BCUT2D eigenvalue weighted by Crippen LogP contribution is -2.49. The number of tetrazole rings is 1. The number of carbonyl (C=O) groups is 1. The van der Waals surface area contributed by atoms with Crippen LogP contribution in [-0.2, 0) is 21.6 Å². The molecular formula is C18H32N6O2. The van der Waals surface area contributed by atoms with E-state index in [-0.39, 0.29) is 11.0 Å². The Morgan fingerprint density at radius 3 is 2.62 bits per heavy atom. The van der Waals surface area contributed by atoms with Crippen molar-refractivity contribution in [2.24, 2.45) is 5.41 Å². The molecule has 8 nitrogen and oxygen atoms in total. The van der Waals surface area contributed by atoms with Crippen LogP contribution >= 0.6 is 0 Å². The molecule has 1 aliphatic carbocycles. The molecule has 26 heavy (non-hydrogen) atoms. The van der Waals surface area contributed by atoms with Gasteiger partial charge in [0.05, 0.1) is 13.2 Å². The third-order valence-corrected chi connectivity index (χ3v) is 6.32. The summed E-state index contributed by atoms with van der Waals surface area (Å²) >= 11 is 0. The molecule has 1 saturated carbocycles. The minimum Gasteiger partial charge on any atom is -0.383 e. The number of nitrogens with zero attached hydrogens (tertiary/aromatic N) is 6. The van der Waals surface area contributed by atoms with Crippen molar-refractivity contribution >= 4 is 5.91 Å². The van der Waals surface area contributed by atoms with Crippen molar-refractivity contribution in [1.29, 1.82) is 0 Å². The summed E-state index contributed by atoms with van der Waals surface area (Å²) in [5.74, 6) is 1.13. The van der Waals surface area contributed by atoms with Gasteiger partial charge >= 0.3 is 0 Å². The predicted molar refractivity (Wildman–Crippen MR) is 97.4 cm³/mol. The fourth-order valence-electron chi connectivity index (χ4n) is 4.51. The van der Waals surface area contributed by atoms with E-state index in [9.17, 15) is 4.79 Å². The Balaban J connectivity index is 1.82. The molecule has 1 aromatic heterocycles. The first kappa shape index (κ1) is 19.2. The first-order chi connectivity index (χ1) is 12.4. The fraction of sp³-hybridized carbons (Fsp3) is 0.889. The molecule has 1 amide bonds. The van der Waals surface area contributed by atoms with Crippen LogP contribution in [0.3, 0.4) is 0 Å². The van der Waals surface area contributed by atoms with E-state index >= 15 is 0 Å². The van der Waals surface area contributed by atoms with E-state index in [1.54, 1.807) is 7.11 Å². The number of hydrogen-bond acceptors (Lipinski definition) is 6. The number of likely N-dealkylation sites (N-methyl/N-ethyl adjacent to an activating group) is 1. The zero-order chi connectivity index (χ0) is 18.8. The van der Waals surface area contributed by atoms with Gasteiger partial charge < -0.3 is 9.64 Å². The number of ether oxygens (including phenoxy) is 1. The van der Waals surface area contributed by atoms with Crippen molar-refractivity contribution in [3.05, 3.63) is 5.82 Å². The lowest BCUT2D eigenvalue weighted by Gasteiger charge is -2.38. The molecule has 0 spiro atoms. The van der Waals surface area contributed by atoms with Crippen LogP contribution in [0.25, 0.3) is 0 Å². The smallest absolute Gasteiger partial charge is 0.228 e. The highest BCUT2D eigenvalue weighted by molar-refractivity contribution is 5.83. The molecule has 1 atom stereocenters. The number of aromatic nitrogens is 4. The molecular weight excluding hydrogens is 332 g/mol. The standard InChI is InChI=1S/C18H32N6O2/c1-17(8-6-5-7-9-17)16(25)23-11-10-18(14-23,22(2)3)15-19-20-21-24(15)12-13-26-4/h5-14H2,1-4H3. The summed E-state index contributed by atoms with van der Waals surface area (Å²) in [5.41, 5.74) is -0.555. The van der Waals surface area contributed by atoms with Crippen molar-refractivity contribution in [3.8, 4) is 0 Å². The minimum absolute atomic E-state index is 0.206. The molecule has 146 valence electrons. The monoisotopic (exact) mass is 364 g/mol. The van der Waals surface area contributed by atoms with E-state index in [1.165, 1.54) is 6.42 Å². The van der Waals surface area contributed by atoms with Gasteiger partial charge in [0.25, 0.3) is 0 Å². The van der Waals surface area contributed by atoms with E-state index in [0.717, 1.165) is 44.5 Å². The molecule has 0 N–H and O–H groups in total. The maximum atomic E-state index is 13.3. The van der Waals surface area contributed by atoms with Crippen LogP contribution in [0.5, 0.6) is 0 Å². The number of amides is 1. The van der Waals surface area contributed by atoms with Gasteiger partial charge in [-0.25, -0.2) is 4.68 Å². The Morgan fingerprint density at radius 1 is 1.23 bits per heavy atom. The van der Waals surface area contributed by atoms with Gasteiger partial charge in [0.15, 0.2) is 5.82 Å². The second kappa shape index (κ2) is 7.60. The minimum atomic E-state index is -0.349. The molecule has 2 heterocycles. The zero-order valence-corrected chi connectivity index (χ0v) is 16.6.